The van der Waals surface area contributed by atoms with Crippen LogP contribution in [0.15, 0.2) is 21.8 Å². The molecule has 1 saturated carbocycles. The van der Waals surface area contributed by atoms with E-state index in [0.29, 0.717) is 12.5 Å². The van der Waals surface area contributed by atoms with Crippen LogP contribution in [0.1, 0.15) is 30.3 Å². The van der Waals surface area contributed by atoms with Crippen molar-refractivity contribution in [3.8, 4) is 0 Å². The highest BCUT2D eigenvalue weighted by molar-refractivity contribution is 7.07. The maximum absolute atomic E-state index is 11.9. The van der Waals surface area contributed by atoms with Crippen LogP contribution in [-0.4, -0.2) is 14.5 Å². The molecule has 3 rings (SSSR count). The zero-order valence-electron chi connectivity index (χ0n) is 8.97. The zero-order chi connectivity index (χ0) is 11.8. The van der Waals surface area contributed by atoms with Crippen molar-refractivity contribution in [2.75, 3.05) is 0 Å². The van der Waals surface area contributed by atoms with Gasteiger partial charge in [0.15, 0.2) is 0 Å². The zero-order valence-corrected chi connectivity index (χ0v) is 10.5. The van der Waals surface area contributed by atoms with Crippen molar-refractivity contribution in [2.24, 2.45) is 0 Å². The van der Waals surface area contributed by atoms with Gasteiger partial charge in [0, 0.05) is 17.4 Å². The topological polar surface area (TPSA) is 47.8 Å². The number of rotatable bonds is 3. The van der Waals surface area contributed by atoms with Crippen LogP contribution < -0.4 is 5.56 Å². The summed E-state index contributed by atoms with van der Waals surface area (Å²) in [6, 6.07) is 1.36. The lowest BCUT2D eigenvalue weighted by molar-refractivity contribution is 0.661. The van der Waals surface area contributed by atoms with Gasteiger partial charge in [-0.25, -0.2) is 9.97 Å². The van der Waals surface area contributed by atoms with Crippen molar-refractivity contribution in [3.05, 3.63) is 44.0 Å². The van der Waals surface area contributed by atoms with Crippen LogP contribution in [0.4, 0.5) is 0 Å². The first kappa shape index (κ1) is 10.9. The third-order valence-electron chi connectivity index (χ3n) is 2.75. The Morgan fingerprint density at radius 2 is 2.35 bits per heavy atom. The first-order chi connectivity index (χ1) is 8.24. The average molecular weight is 268 g/mol. The number of halogens is 1. The van der Waals surface area contributed by atoms with Crippen LogP contribution in [0.5, 0.6) is 0 Å². The lowest BCUT2D eigenvalue weighted by atomic mass is 10.3. The largest absolute Gasteiger partial charge is 0.290 e. The molecule has 1 aliphatic carbocycles. The lowest BCUT2D eigenvalue weighted by Gasteiger charge is -2.09. The molecule has 1 aliphatic rings. The van der Waals surface area contributed by atoms with Crippen molar-refractivity contribution < 1.29 is 0 Å². The second-order valence-corrected chi connectivity index (χ2v) is 5.22. The van der Waals surface area contributed by atoms with Crippen LogP contribution >= 0.6 is 22.9 Å². The second kappa shape index (κ2) is 4.23. The van der Waals surface area contributed by atoms with E-state index in [1.165, 1.54) is 17.4 Å². The van der Waals surface area contributed by atoms with Gasteiger partial charge in [-0.2, -0.15) is 0 Å². The molecule has 2 aromatic heterocycles. The summed E-state index contributed by atoms with van der Waals surface area (Å²) in [5.74, 6) is 1.19. The summed E-state index contributed by atoms with van der Waals surface area (Å²) in [5.41, 5.74) is 2.56. The van der Waals surface area contributed by atoms with Crippen LogP contribution in [0.2, 0.25) is 5.15 Å². The highest BCUT2D eigenvalue weighted by Crippen LogP contribution is 2.38. The van der Waals surface area contributed by atoms with Gasteiger partial charge in [-0.15, -0.1) is 11.3 Å². The molecule has 0 atom stereocenters. The molecule has 0 unspecified atom stereocenters. The smallest absolute Gasteiger partial charge is 0.255 e. The minimum atomic E-state index is -0.0973. The standard InChI is InChI=1S/C11H10ClN3OS/c12-9-3-10(16)15(4-8-5-17-6-13-8)11(14-9)7-1-2-7/h3,5-7H,1-2,4H2. The Morgan fingerprint density at radius 3 is 3.00 bits per heavy atom. The molecule has 1 fully saturated rings. The summed E-state index contributed by atoms with van der Waals surface area (Å²) in [7, 11) is 0. The van der Waals surface area contributed by atoms with E-state index in [4.69, 9.17) is 11.6 Å². The molecule has 2 aromatic rings. The van der Waals surface area contributed by atoms with E-state index < -0.39 is 0 Å². The predicted octanol–water partition coefficient (Wildman–Crippen LogP) is 2.28. The Bertz CT molecular complexity index is 589. The first-order valence-electron chi connectivity index (χ1n) is 5.38. The molecule has 0 amide bonds. The molecule has 88 valence electrons. The minimum absolute atomic E-state index is 0.0973. The number of thiazole rings is 1. The third-order valence-corrected chi connectivity index (χ3v) is 3.58. The molecule has 0 N–H and O–H groups in total. The summed E-state index contributed by atoms with van der Waals surface area (Å²) in [5, 5.41) is 2.23. The highest BCUT2D eigenvalue weighted by atomic mass is 35.5. The van der Waals surface area contributed by atoms with Crippen LogP contribution in [0.25, 0.3) is 0 Å². The molecule has 0 radical (unpaired) electrons. The van der Waals surface area contributed by atoms with Gasteiger partial charge in [0.25, 0.3) is 5.56 Å². The third kappa shape index (κ3) is 2.25. The molecule has 0 spiro atoms. The number of nitrogens with zero attached hydrogens (tertiary/aromatic N) is 3. The van der Waals surface area contributed by atoms with Gasteiger partial charge in [0.1, 0.15) is 11.0 Å². The van der Waals surface area contributed by atoms with E-state index in [1.807, 2.05) is 5.38 Å². The van der Waals surface area contributed by atoms with Gasteiger partial charge in [-0.3, -0.25) is 9.36 Å². The van der Waals surface area contributed by atoms with E-state index in [-0.39, 0.29) is 10.7 Å². The lowest BCUT2D eigenvalue weighted by Crippen LogP contribution is -2.24. The van der Waals surface area contributed by atoms with E-state index >= 15 is 0 Å². The number of aromatic nitrogens is 3. The SMILES string of the molecule is O=c1cc(Cl)nc(C2CC2)n1Cc1cscn1. The summed E-state index contributed by atoms with van der Waals surface area (Å²) < 4.78 is 1.68. The van der Waals surface area contributed by atoms with Crippen molar-refractivity contribution in [1.82, 2.24) is 14.5 Å². The number of hydrogen-bond acceptors (Lipinski definition) is 4. The van der Waals surface area contributed by atoms with Gasteiger partial charge >= 0.3 is 0 Å². The van der Waals surface area contributed by atoms with E-state index in [0.717, 1.165) is 24.4 Å². The van der Waals surface area contributed by atoms with Crippen molar-refractivity contribution in [1.29, 1.82) is 0 Å². The van der Waals surface area contributed by atoms with Crippen LogP contribution in [0, 0.1) is 0 Å². The fourth-order valence-corrected chi connectivity index (χ4v) is 2.51. The molecule has 4 nitrogen and oxygen atoms in total. The first-order valence-corrected chi connectivity index (χ1v) is 6.70. The van der Waals surface area contributed by atoms with Gasteiger partial charge in [-0.05, 0) is 12.8 Å². The fraction of sp³-hybridized carbons (Fsp3) is 0.364. The summed E-state index contributed by atoms with van der Waals surface area (Å²) in [4.78, 5) is 20.4. The average Bonchev–Trinajstić information content (AvgIpc) is 3.00. The molecular weight excluding hydrogens is 258 g/mol. The van der Waals surface area contributed by atoms with Crippen molar-refractivity contribution >= 4 is 22.9 Å². The molecule has 2 heterocycles. The molecule has 17 heavy (non-hydrogen) atoms. The summed E-state index contributed by atoms with van der Waals surface area (Å²) in [6.45, 7) is 0.484. The van der Waals surface area contributed by atoms with Crippen LogP contribution in [-0.2, 0) is 6.54 Å². The van der Waals surface area contributed by atoms with Gasteiger partial charge < -0.3 is 0 Å². The van der Waals surface area contributed by atoms with Gasteiger partial charge in [0.05, 0.1) is 17.7 Å². The fourth-order valence-electron chi connectivity index (χ4n) is 1.78. The summed E-state index contributed by atoms with van der Waals surface area (Å²) >= 11 is 7.36. The van der Waals surface area contributed by atoms with Gasteiger partial charge in [0.2, 0.25) is 0 Å². The normalized spacial score (nSPS) is 15.1. The van der Waals surface area contributed by atoms with E-state index in [1.54, 1.807) is 10.1 Å². The van der Waals surface area contributed by atoms with Gasteiger partial charge in [-0.1, -0.05) is 11.6 Å². The molecule has 0 saturated heterocycles. The Balaban J connectivity index is 2.04. The second-order valence-electron chi connectivity index (χ2n) is 4.12. The van der Waals surface area contributed by atoms with E-state index in [2.05, 4.69) is 9.97 Å². The monoisotopic (exact) mass is 267 g/mol. The Morgan fingerprint density at radius 1 is 1.53 bits per heavy atom. The van der Waals surface area contributed by atoms with E-state index in [9.17, 15) is 4.79 Å². The Hall–Kier alpha value is -1.20. The Kier molecular flexibility index (Phi) is 2.72. The highest BCUT2D eigenvalue weighted by Gasteiger charge is 2.29. The van der Waals surface area contributed by atoms with Crippen molar-refractivity contribution in [2.45, 2.75) is 25.3 Å². The molecule has 0 aliphatic heterocycles. The maximum atomic E-state index is 11.9. The number of hydrogen-bond donors (Lipinski definition) is 0. The maximum Gasteiger partial charge on any atom is 0.255 e. The predicted molar refractivity (Wildman–Crippen MR) is 66.7 cm³/mol. The van der Waals surface area contributed by atoms with Crippen LogP contribution in [0.3, 0.4) is 0 Å². The Labute approximate surface area is 107 Å². The molecule has 0 bridgehead atoms. The molecule has 0 aromatic carbocycles. The quantitative estimate of drug-likeness (QED) is 0.802. The minimum Gasteiger partial charge on any atom is -0.290 e. The summed E-state index contributed by atoms with van der Waals surface area (Å²) in [6.07, 6.45) is 2.17. The van der Waals surface area contributed by atoms with Crippen molar-refractivity contribution in [3.63, 3.8) is 0 Å². The molecule has 6 heteroatoms. The molecular formula is C11H10ClN3OS.